The molecule has 0 aliphatic carbocycles. The van der Waals surface area contributed by atoms with E-state index in [1.807, 2.05) is 0 Å². The van der Waals surface area contributed by atoms with Crippen molar-refractivity contribution in [2.24, 2.45) is 5.73 Å². The molecule has 0 saturated heterocycles. The number of methoxy groups -OCH3 is 2. The number of nitrogens with two attached hydrogens (primary N) is 1. The van der Waals surface area contributed by atoms with Crippen molar-refractivity contribution < 1.29 is 13.9 Å². The van der Waals surface area contributed by atoms with Crippen molar-refractivity contribution in [3.63, 3.8) is 0 Å². The fourth-order valence-electron chi connectivity index (χ4n) is 2.00. The number of halogens is 2. The van der Waals surface area contributed by atoms with Gasteiger partial charge >= 0.3 is 0 Å². The van der Waals surface area contributed by atoms with Gasteiger partial charge in [-0.3, -0.25) is 0 Å². The fraction of sp³-hybridized carbons (Fsp3) is 0.200. The summed E-state index contributed by atoms with van der Waals surface area (Å²) >= 11 is 5.75. The zero-order valence-corrected chi connectivity index (χ0v) is 11.9. The second-order valence-electron chi connectivity index (χ2n) is 4.25. The van der Waals surface area contributed by atoms with E-state index in [1.54, 1.807) is 37.4 Å². The molecule has 0 bridgehead atoms. The van der Waals surface area contributed by atoms with Gasteiger partial charge < -0.3 is 15.2 Å². The molecule has 0 saturated carbocycles. The lowest BCUT2D eigenvalue weighted by atomic mass is 9.98. The minimum Gasteiger partial charge on any atom is -0.497 e. The van der Waals surface area contributed by atoms with Crippen LogP contribution in [-0.4, -0.2) is 14.2 Å². The molecule has 2 aromatic rings. The molecule has 0 aromatic heterocycles. The molecule has 2 N–H and O–H groups in total. The molecule has 2 aromatic carbocycles. The molecule has 0 aliphatic heterocycles. The Hall–Kier alpha value is -1.78. The van der Waals surface area contributed by atoms with Crippen LogP contribution < -0.4 is 15.2 Å². The van der Waals surface area contributed by atoms with E-state index in [0.717, 1.165) is 0 Å². The van der Waals surface area contributed by atoms with Gasteiger partial charge in [-0.1, -0.05) is 17.7 Å². The summed E-state index contributed by atoms with van der Waals surface area (Å²) in [6.07, 6.45) is 0. The maximum absolute atomic E-state index is 14.0. The predicted molar refractivity (Wildman–Crippen MR) is 77.0 cm³/mol. The van der Waals surface area contributed by atoms with Crippen molar-refractivity contribution in [1.29, 1.82) is 0 Å². The number of hydrogen-bond acceptors (Lipinski definition) is 3. The van der Waals surface area contributed by atoms with Crippen LogP contribution >= 0.6 is 11.6 Å². The van der Waals surface area contributed by atoms with Crippen molar-refractivity contribution in [1.82, 2.24) is 0 Å². The Labute approximate surface area is 122 Å². The van der Waals surface area contributed by atoms with E-state index in [1.165, 1.54) is 13.2 Å². The van der Waals surface area contributed by atoms with Gasteiger partial charge in [-0.25, -0.2) is 4.39 Å². The second-order valence-corrected chi connectivity index (χ2v) is 4.69. The summed E-state index contributed by atoms with van der Waals surface area (Å²) < 4.78 is 24.4. The minimum absolute atomic E-state index is 0.330. The maximum Gasteiger partial charge on any atom is 0.129 e. The molecular weight excluding hydrogens is 281 g/mol. The molecule has 2 rings (SSSR count). The zero-order valence-electron chi connectivity index (χ0n) is 11.2. The van der Waals surface area contributed by atoms with Crippen LogP contribution in [0, 0.1) is 5.82 Å². The summed E-state index contributed by atoms with van der Waals surface area (Å²) in [5.41, 5.74) is 7.14. The molecule has 1 unspecified atom stereocenters. The molecule has 0 amide bonds. The normalized spacial score (nSPS) is 12.1. The Bertz CT molecular complexity index is 619. The van der Waals surface area contributed by atoms with E-state index in [4.69, 9.17) is 26.8 Å². The van der Waals surface area contributed by atoms with Crippen LogP contribution in [0.25, 0.3) is 0 Å². The van der Waals surface area contributed by atoms with Gasteiger partial charge in [-0.2, -0.15) is 0 Å². The highest BCUT2D eigenvalue weighted by atomic mass is 35.5. The molecule has 1 atom stereocenters. The summed E-state index contributed by atoms with van der Waals surface area (Å²) in [7, 11) is 3.09. The van der Waals surface area contributed by atoms with Crippen molar-refractivity contribution in [2.45, 2.75) is 6.04 Å². The number of benzene rings is 2. The average Bonchev–Trinajstić information content (AvgIpc) is 2.46. The van der Waals surface area contributed by atoms with Gasteiger partial charge in [0.15, 0.2) is 0 Å². The van der Waals surface area contributed by atoms with Gasteiger partial charge in [0.05, 0.1) is 20.3 Å². The first-order valence-electron chi connectivity index (χ1n) is 5.99. The molecule has 0 aliphatic rings. The first-order chi connectivity index (χ1) is 9.56. The molecule has 3 nitrogen and oxygen atoms in total. The van der Waals surface area contributed by atoms with Gasteiger partial charge in [-0.15, -0.1) is 0 Å². The van der Waals surface area contributed by atoms with Gasteiger partial charge in [0.25, 0.3) is 0 Å². The van der Waals surface area contributed by atoms with Crippen LogP contribution in [0.4, 0.5) is 4.39 Å². The monoisotopic (exact) mass is 295 g/mol. The van der Waals surface area contributed by atoms with E-state index in [-0.39, 0.29) is 0 Å². The standard InChI is InChI=1S/C15H15ClFNO2/c1-19-10-4-6-14(20-2)12(8-10)15(18)11-5-3-9(16)7-13(11)17/h3-8,15H,18H2,1-2H3. The molecule has 5 heteroatoms. The molecule has 20 heavy (non-hydrogen) atoms. The van der Waals surface area contributed by atoms with E-state index in [9.17, 15) is 4.39 Å². The summed E-state index contributed by atoms with van der Waals surface area (Å²) in [5.74, 6) is 0.758. The largest absolute Gasteiger partial charge is 0.497 e. The number of rotatable bonds is 4. The minimum atomic E-state index is -0.669. The van der Waals surface area contributed by atoms with Crippen LogP contribution in [-0.2, 0) is 0 Å². The highest BCUT2D eigenvalue weighted by Crippen LogP contribution is 2.33. The zero-order chi connectivity index (χ0) is 14.7. The number of ether oxygens (including phenoxy) is 2. The van der Waals surface area contributed by atoms with E-state index >= 15 is 0 Å². The Morgan fingerprint density at radius 1 is 1.05 bits per heavy atom. The first-order valence-corrected chi connectivity index (χ1v) is 6.37. The Morgan fingerprint density at radius 2 is 1.80 bits per heavy atom. The number of hydrogen-bond donors (Lipinski definition) is 1. The lowest BCUT2D eigenvalue weighted by molar-refractivity contribution is 0.396. The van der Waals surface area contributed by atoms with E-state index in [2.05, 4.69) is 0 Å². The molecule has 106 valence electrons. The molecular formula is C15H15ClFNO2. The third kappa shape index (κ3) is 2.86. The second kappa shape index (κ2) is 6.11. The summed E-state index contributed by atoms with van der Waals surface area (Å²) in [6, 6.07) is 8.97. The average molecular weight is 296 g/mol. The van der Waals surface area contributed by atoms with Crippen LogP contribution in [0.1, 0.15) is 17.2 Å². The quantitative estimate of drug-likeness (QED) is 0.938. The van der Waals surface area contributed by atoms with Crippen molar-refractivity contribution >= 4 is 11.6 Å². The molecule has 0 fully saturated rings. The van der Waals surface area contributed by atoms with E-state index < -0.39 is 11.9 Å². The third-order valence-corrected chi connectivity index (χ3v) is 3.30. The molecule has 0 radical (unpaired) electrons. The summed E-state index contributed by atoms with van der Waals surface area (Å²) in [6.45, 7) is 0. The van der Waals surface area contributed by atoms with Crippen LogP contribution in [0.15, 0.2) is 36.4 Å². The first kappa shape index (κ1) is 14.6. The lowest BCUT2D eigenvalue weighted by Gasteiger charge is -2.17. The smallest absolute Gasteiger partial charge is 0.129 e. The lowest BCUT2D eigenvalue weighted by Crippen LogP contribution is -2.15. The predicted octanol–water partition coefficient (Wildman–Crippen LogP) is 3.54. The summed E-state index contributed by atoms with van der Waals surface area (Å²) in [4.78, 5) is 0. The van der Waals surface area contributed by atoms with Gasteiger partial charge in [0, 0.05) is 16.1 Å². The third-order valence-electron chi connectivity index (χ3n) is 3.07. The summed E-state index contributed by atoms with van der Waals surface area (Å²) in [5, 5.41) is 0.330. The topological polar surface area (TPSA) is 44.5 Å². The Morgan fingerprint density at radius 3 is 2.40 bits per heavy atom. The van der Waals surface area contributed by atoms with Crippen LogP contribution in [0.2, 0.25) is 5.02 Å². The van der Waals surface area contributed by atoms with Gasteiger partial charge in [0.2, 0.25) is 0 Å². The van der Waals surface area contributed by atoms with Gasteiger partial charge in [0.1, 0.15) is 17.3 Å². The Kier molecular flexibility index (Phi) is 4.47. The maximum atomic E-state index is 14.0. The van der Waals surface area contributed by atoms with Crippen LogP contribution in [0.5, 0.6) is 11.5 Å². The molecule has 0 spiro atoms. The Balaban J connectivity index is 2.48. The van der Waals surface area contributed by atoms with Crippen molar-refractivity contribution in [2.75, 3.05) is 14.2 Å². The van der Waals surface area contributed by atoms with Gasteiger partial charge in [-0.05, 0) is 30.3 Å². The highest BCUT2D eigenvalue weighted by Gasteiger charge is 2.18. The highest BCUT2D eigenvalue weighted by molar-refractivity contribution is 6.30. The van der Waals surface area contributed by atoms with E-state index in [0.29, 0.717) is 27.6 Å². The molecule has 0 heterocycles. The fourth-order valence-corrected chi connectivity index (χ4v) is 2.16. The SMILES string of the molecule is COc1ccc(OC)c(C(N)c2ccc(Cl)cc2F)c1. The van der Waals surface area contributed by atoms with Crippen molar-refractivity contribution in [3.05, 3.63) is 58.4 Å². The van der Waals surface area contributed by atoms with Crippen LogP contribution in [0.3, 0.4) is 0 Å². The van der Waals surface area contributed by atoms with Crippen molar-refractivity contribution in [3.8, 4) is 11.5 Å².